The molecule has 0 saturated heterocycles. The summed E-state index contributed by atoms with van der Waals surface area (Å²) in [4.78, 5) is 15.7. The molecule has 0 fully saturated rings. The minimum Gasteiger partial charge on any atom is -0.497 e. The Labute approximate surface area is 115 Å². The molecule has 1 aromatic heterocycles. The Kier molecular flexibility index (Phi) is 4.20. The van der Waals surface area contributed by atoms with Crippen molar-refractivity contribution in [3.63, 3.8) is 0 Å². The zero-order chi connectivity index (χ0) is 13.7. The average molecular weight is 278 g/mol. The van der Waals surface area contributed by atoms with Gasteiger partial charge in [-0.25, -0.2) is 9.78 Å². The summed E-state index contributed by atoms with van der Waals surface area (Å²) < 4.78 is 5.07. The van der Waals surface area contributed by atoms with E-state index in [-0.39, 0.29) is 0 Å². The first-order valence-electron chi connectivity index (χ1n) is 5.51. The number of benzene rings is 1. The molecule has 0 radical (unpaired) electrons. The van der Waals surface area contributed by atoms with Crippen molar-refractivity contribution in [1.29, 1.82) is 0 Å². The van der Waals surface area contributed by atoms with Gasteiger partial charge in [-0.1, -0.05) is 17.7 Å². The Hall–Kier alpha value is -2.27. The van der Waals surface area contributed by atoms with Crippen LogP contribution in [0.25, 0.3) is 0 Å². The molecule has 19 heavy (non-hydrogen) atoms. The number of aromatic nitrogens is 1. The molecule has 2 N–H and O–H groups in total. The van der Waals surface area contributed by atoms with Gasteiger partial charge in [0.1, 0.15) is 5.75 Å². The van der Waals surface area contributed by atoms with Crippen LogP contribution in [-0.4, -0.2) is 18.1 Å². The molecule has 2 aromatic rings. The first-order chi connectivity index (χ1) is 9.19. The monoisotopic (exact) mass is 277 g/mol. The number of pyridine rings is 1. The zero-order valence-electron chi connectivity index (χ0n) is 10.2. The molecule has 1 heterocycles. The fraction of sp³-hybridized carbons (Fsp3) is 0.0769. The first-order valence-corrected chi connectivity index (χ1v) is 5.89. The lowest BCUT2D eigenvalue weighted by Crippen LogP contribution is -2.20. The van der Waals surface area contributed by atoms with Gasteiger partial charge in [0.15, 0.2) is 5.82 Å². The number of hydrogen-bond donors (Lipinski definition) is 2. The molecular formula is C13H12ClN3O2. The number of nitrogens with one attached hydrogen (secondary N) is 2. The lowest BCUT2D eigenvalue weighted by Gasteiger charge is -2.08. The molecule has 2 amide bonds. The molecule has 0 bridgehead atoms. The smallest absolute Gasteiger partial charge is 0.324 e. The largest absolute Gasteiger partial charge is 0.497 e. The van der Waals surface area contributed by atoms with Gasteiger partial charge in [-0.15, -0.1) is 0 Å². The number of amides is 2. The van der Waals surface area contributed by atoms with Crippen molar-refractivity contribution >= 4 is 29.1 Å². The van der Waals surface area contributed by atoms with Crippen LogP contribution in [0.3, 0.4) is 0 Å². The molecule has 0 atom stereocenters. The van der Waals surface area contributed by atoms with Crippen molar-refractivity contribution < 1.29 is 9.53 Å². The highest BCUT2D eigenvalue weighted by Crippen LogP contribution is 2.19. The number of rotatable bonds is 3. The lowest BCUT2D eigenvalue weighted by molar-refractivity contribution is 0.262. The Morgan fingerprint density at radius 3 is 2.84 bits per heavy atom. The second-order valence-corrected chi connectivity index (χ2v) is 4.05. The number of halogens is 1. The highest BCUT2D eigenvalue weighted by atomic mass is 35.5. The maximum absolute atomic E-state index is 11.8. The number of methoxy groups -OCH3 is 1. The Balaban J connectivity index is 2.03. The number of urea groups is 1. The number of carbonyl (C=O) groups excluding carboxylic acids is 1. The highest BCUT2D eigenvalue weighted by Gasteiger charge is 2.06. The molecule has 0 unspecified atom stereocenters. The molecule has 6 heteroatoms. The van der Waals surface area contributed by atoms with Crippen LogP contribution in [-0.2, 0) is 0 Å². The van der Waals surface area contributed by atoms with E-state index in [1.807, 2.05) is 0 Å². The third-order valence-electron chi connectivity index (χ3n) is 2.32. The molecule has 0 aliphatic heterocycles. The van der Waals surface area contributed by atoms with Gasteiger partial charge in [-0.2, -0.15) is 0 Å². The van der Waals surface area contributed by atoms with Gasteiger partial charge < -0.3 is 10.1 Å². The standard InChI is InChI=1S/C13H12ClN3O2/c1-19-10-5-2-4-9(8-10)16-13(18)17-12-11(14)6-3-7-15-12/h2-8H,1H3,(H2,15,16,17,18). The summed E-state index contributed by atoms with van der Waals surface area (Å²) in [5.41, 5.74) is 0.615. The van der Waals surface area contributed by atoms with Gasteiger partial charge in [0.2, 0.25) is 0 Å². The molecule has 98 valence electrons. The molecule has 0 saturated carbocycles. The molecule has 0 aliphatic rings. The topological polar surface area (TPSA) is 63.2 Å². The van der Waals surface area contributed by atoms with Crippen LogP contribution in [0.15, 0.2) is 42.6 Å². The molecular weight excluding hydrogens is 266 g/mol. The van der Waals surface area contributed by atoms with Gasteiger partial charge in [0.05, 0.1) is 12.1 Å². The Morgan fingerprint density at radius 2 is 2.11 bits per heavy atom. The summed E-state index contributed by atoms with van der Waals surface area (Å²) in [5.74, 6) is 0.971. The predicted octanol–water partition coefficient (Wildman–Crippen LogP) is 3.39. The van der Waals surface area contributed by atoms with Crippen molar-refractivity contribution in [3.8, 4) is 5.75 Å². The number of ether oxygens (including phenoxy) is 1. The van der Waals surface area contributed by atoms with E-state index in [1.165, 1.54) is 0 Å². The number of hydrogen-bond acceptors (Lipinski definition) is 3. The molecule has 0 aliphatic carbocycles. The SMILES string of the molecule is COc1cccc(NC(=O)Nc2ncccc2Cl)c1. The Morgan fingerprint density at radius 1 is 1.26 bits per heavy atom. The number of nitrogens with zero attached hydrogens (tertiary/aromatic N) is 1. The van der Waals surface area contributed by atoms with Crippen molar-refractivity contribution in [2.24, 2.45) is 0 Å². The van der Waals surface area contributed by atoms with Gasteiger partial charge in [-0.05, 0) is 24.3 Å². The summed E-state index contributed by atoms with van der Waals surface area (Å²) in [5, 5.41) is 5.60. The average Bonchev–Trinajstić information content (AvgIpc) is 2.41. The van der Waals surface area contributed by atoms with Crippen LogP contribution in [0.4, 0.5) is 16.3 Å². The lowest BCUT2D eigenvalue weighted by atomic mass is 10.3. The third kappa shape index (κ3) is 3.59. The first kappa shape index (κ1) is 13.2. The summed E-state index contributed by atoms with van der Waals surface area (Å²) in [6, 6.07) is 9.94. The summed E-state index contributed by atoms with van der Waals surface area (Å²) in [7, 11) is 1.56. The van der Waals surface area contributed by atoms with Crippen LogP contribution in [0, 0.1) is 0 Å². The molecule has 1 aromatic carbocycles. The van der Waals surface area contributed by atoms with E-state index >= 15 is 0 Å². The van der Waals surface area contributed by atoms with Crippen LogP contribution >= 0.6 is 11.6 Å². The van der Waals surface area contributed by atoms with Gasteiger partial charge >= 0.3 is 6.03 Å². The van der Waals surface area contributed by atoms with E-state index in [4.69, 9.17) is 16.3 Å². The quantitative estimate of drug-likeness (QED) is 0.904. The number of anilines is 2. The van der Waals surface area contributed by atoms with E-state index in [2.05, 4.69) is 15.6 Å². The van der Waals surface area contributed by atoms with E-state index in [9.17, 15) is 4.79 Å². The fourth-order valence-corrected chi connectivity index (χ4v) is 1.62. The number of carbonyl (C=O) groups is 1. The van der Waals surface area contributed by atoms with E-state index in [1.54, 1.807) is 49.7 Å². The minimum absolute atomic E-state index is 0.310. The third-order valence-corrected chi connectivity index (χ3v) is 2.62. The van der Waals surface area contributed by atoms with Gasteiger partial charge in [0.25, 0.3) is 0 Å². The van der Waals surface area contributed by atoms with Crippen LogP contribution in [0.2, 0.25) is 5.02 Å². The predicted molar refractivity (Wildman–Crippen MR) is 74.9 cm³/mol. The van der Waals surface area contributed by atoms with Crippen LogP contribution in [0.5, 0.6) is 5.75 Å². The minimum atomic E-state index is -0.422. The zero-order valence-corrected chi connectivity index (χ0v) is 10.9. The summed E-state index contributed by atoms with van der Waals surface area (Å²) in [6.45, 7) is 0. The van der Waals surface area contributed by atoms with Gasteiger partial charge in [0, 0.05) is 18.0 Å². The van der Waals surface area contributed by atoms with Crippen LogP contribution < -0.4 is 15.4 Å². The Bertz CT molecular complexity index is 590. The van der Waals surface area contributed by atoms with E-state index in [0.717, 1.165) is 0 Å². The maximum atomic E-state index is 11.8. The molecule has 2 rings (SSSR count). The highest BCUT2D eigenvalue weighted by molar-refractivity contribution is 6.33. The van der Waals surface area contributed by atoms with E-state index in [0.29, 0.717) is 22.3 Å². The summed E-state index contributed by atoms with van der Waals surface area (Å²) >= 11 is 5.89. The van der Waals surface area contributed by atoms with Gasteiger partial charge in [-0.3, -0.25) is 5.32 Å². The van der Waals surface area contributed by atoms with Crippen molar-refractivity contribution in [2.45, 2.75) is 0 Å². The maximum Gasteiger partial charge on any atom is 0.324 e. The molecule has 5 nitrogen and oxygen atoms in total. The second kappa shape index (κ2) is 6.06. The van der Waals surface area contributed by atoms with Crippen molar-refractivity contribution in [1.82, 2.24) is 4.98 Å². The second-order valence-electron chi connectivity index (χ2n) is 3.64. The fourth-order valence-electron chi connectivity index (χ4n) is 1.45. The summed E-state index contributed by atoms with van der Waals surface area (Å²) in [6.07, 6.45) is 1.55. The van der Waals surface area contributed by atoms with E-state index < -0.39 is 6.03 Å². The van der Waals surface area contributed by atoms with Crippen LogP contribution in [0.1, 0.15) is 0 Å². The normalized spacial score (nSPS) is 9.79. The van der Waals surface area contributed by atoms with Crippen molar-refractivity contribution in [2.75, 3.05) is 17.7 Å². The van der Waals surface area contributed by atoms with Crippen molar-refractivity contribution in [3.05, 3.63) is 47.6 Å². The molecule has 0 spiro atoms.